The minimum atomic E-state index is -0.290. The molecule has 2 heterocycles. The molecule has 1 amide bonds. The zero-order valence-corrected chi connectivity index (χ0v) is 16.9. The number of hydrogen-bond acceptors (Lipinski definition) is 5. The Morgan fingerprint density at radius 2 is 2.00 bits per heavy atom. The highest BCUT2D eigenvalue weighted by Gasteiger charge is 2.12. The summed E-state index contributed by atoms with van der Waals surface area (Å²) in [5.74, 6) is 0.801. The average Bonchev–Trinajstić information content (AvgIpc) is 3.34. The van der Waals surface area contributed by atoms with Crippen LogP contribution in [0.3, 0.4) is 0 Å². The predicted molar refractivity (Wildman–Crippen MR) is 114 cm³/mol. The molecule has 140 valence electrons. The van der Waals surface area contributed by atoms with E-state index in [1.807, 2.05) is 25.1 Å². The van der Waals surface area contributed by atoms with E-state index in [4.69, 9.17) is 27.6 Å². The smallest absolute Gasteiger partial charge is 0.248 e. The van der Waals surface area contributed by atoms with Crippen LogP contribution in [0.25, 0.3) is 28.4 Å². The molecule has 4 rings (SSSR count). The van der Waals surface area contributed by atoms with E-state index in [2.05, 4.69) is 14.1 Å². The van der Waals surface area contributed by atoms with Crippen LogP contribution in [0.5, 0.6) is 0 Å². The quantitative estimate of drug-likeness (QED) is 0.391. The van der Waals surface area contributed by atoms with Crippen LogP contribution in [0.4, 0.5) is 5.69 Å². The molecule has 0 spiro atoms. The standard InChI is InChI=1S/C20H13Cl2N3O2S/c1-11-5-8-15-20(25-28-24-15)19(11)23-17(26)10-7-12-6-9-16(27-12)13-3-2-4-14(21)18(13)22/h2-10H,1H3,(H,23,26)/b10-7+. The van der Waals surface area contributed by atoms with Crippen LogP contribution in [0.1, 0.15) is 11.3 Å². The van der Waals surface area contributed by atoms with Crippen molar-refractivity contribution in [1.82, 2.24) is 8.75 Å². The van der Waals surface area contributed by atoms with Gasteiger partial charge in [-0.2, -0.15) is 8.75 Å². The van der Waals surface area contributed by atoms with Crippen LogP contribution < -0.4 is 5.32 Å². The summed E-state index contributed by atoms with van der Waals surface area (Å²) >= 11 is 13.4. The monoisotopic (exact) mass is 429 g/mol. The van der Waals surface area contributed by atoms with E-state index in [0.29, 0.717) is 38.3 Å². The maximum atomic E-state index is 12.4. The molecule has 2 aromatic heterocycles. The van der Waals surface area contributed by atoms with E-state index in [1.165, 1.54) is 6.08 Å². The van der Waals surface area contributed by atoms with Gasteiger partial charge in [0.25, 0.3) is 0 Å². The third-order valence-electron chi connectivity index (χ3n) is 4.13. The van der Waals surface area contributed by atoms with E-state index in [0.717, 1.165) is 22.8 Å². The van der Waals surface area contributed by atoms with Crippen LogP contribution in [0, 0.1) is 6.92 Å². The summed E-state index contributed by atoms with van der Waals surface area (Å²) in [5, 5.41) is 3.74. The molecule has 0 aliphatic carbocycles. The predicted octanol–water partition coefficient (Wildman–Crippen LogP) is 6.22. The number of fused-ring (bicyclic) bond motifs is 1. The van der Waals surface area contributed by atoms with Crippen molar-refractivity contribution in [2.75, 3.05) is 5.32 Å². The zero-order chi connectivity index (χ0) is 19.7. The molecule has 0 radical (unpaired) electrons. The second-order valence-electron chi connectivity index (χ2n) is 6.02. The lowest BCUT2D eigenvalue weighted by Gasteiger charge is -2.06. The average molecular weight is 430 g/mol. The van der Waals surface area contributed by atoms with Crippen molar-refractivity contribution in [3.05, 3.63) is 69.9 Å². The number of aryl methyl sites for hydroxylation is 1. The first-order valence-corrected chi connectivity index (χ1v) is 9.76. The molecule has 0 aliphatic rings. The Morgan fingerprint density at radius 1 is 1.14 bits per heavy atom. The molecule has 5 nitrogen and oxygen atoms in total. The number of halogens is 2. The van der Waals surface area contributed by atoms with Crippen molar-refractivity contribution in [2.45, 2.75) is 6.92 Å². The minimum absolute atomic E-state index is 0.290. The molecule has 2 aromatic carbocycles. The lowest BCUT2D eigenvalue weighted by molar-refractivity contribution is -0.111. The van der Waals surface area contributed by atoms with Crippen molar-refractivity contribution in [3.63, 3.8) is 0 Å². The molecule has 28 heavy (non-hydrogen) atoms. The molecule has 0 unspecified atom stereocenters. The summed E-state index contributed by atoms with van der Waals surface area (Å²) in [6, 6.07) is 12.6. The van der Waals surface area contributed by atoms with Crippen molar-refractivity contribution >= 4 is 63.6 Å². The van der Waals surface area contributed by atoms with Gasteiger partial charge in [-0.1, -0.05) is 35.3 Å². The van der Waals surface area contributed by atoms with E-state index in [9.17, 15) is 4.79 Å². The SMILES string of the molecule is Cc1ccc2nsnc2c1NC(=O)/C=C/c1ccc(-c2cccc(Cl)c2Cl)o1. The molecular weight excluding hydrogens is 417 g/mol. The van der Waals surface area contributed by atoms with Gasteiger partial charge in [-0.15, -0.1) is 0 Å². The highest BCUT2D eigenvalue weighted by atomic mass is 35.5. The first-order valence-electron chi connectivity index (χ1n) is 8.28. The molecular formula is C20H13Cl2N3O2S. The fraction of sp³-hybridized carbons (Fsp3) is 0.0500. The van der Waals surface area contributed by atoms with E-state index >= 15 is 0 Å². The largest absolute Gasteiger partial charge is 0.457 e. The number of carbonyl (C=O) groups excluding carboxylic acids is 1. The number of rotatable bonds is 4. The summed E-state index contributed by atoms with van der Waals surface area (Å²) in [5.41, 5.74) is 3.70. The second kappa shape index (κ2) is 7.75. The number of nitrogens with one attached hydrogen (secondary N) is 1. The van der Waals surface area contributed by atoms with Gasteiger partial charge in [0.15, 0.2) is 0 Å². The molecule has 4 aromatic rings. The Labute approximate surface area is 174 Å². The van der Waals surface area contributed by atoms with Gasteiger partial charge < -0.3 is 9.73 Å². The molecule has 0 fully saturated rings. The van der Waals surface area contributed by atoms with Crippen molar-refractivity contribution in [3.8, 4) is 11.3 Å². The number of amides is 1. The summed E-state index contributed by atoms with van der Waals surface area (Å²) in [6.07, 6.45) is 2.99. The Kier molecular flexibility index (Phi) is 5.17. The third-order valence-corrected chi connectivity index (χ3v) is 5.49. The summed E-state index contributed by atoms with van der Waals surface area (Å²) in [6.45, 7) is 1.91. The lowest BCUT2D eigenvalue weighted by atomic mass is 10.1. The highest BCUT2D eigenvalue weighted by Crippen LogP contribution is 2.34. The van der Waals surface area contributed by atoms with Gasteiger partial charge in [0.1, 0.15) is 22.6 Å². The Bertz CT molecular complexity index is 1210. The molecule has 1 N–H and O–H groups in total. The third kappa shape index (κ3) is 3.67. The van der Waals surface area contributed by atoms with Gasteiger partial charge in [0, 0.05) is 11.6 Å². The lowest BCUT2D eigenvalue weighted by Crippen LogP contribution is -2.09. The van der Waals surface area contributed by atoms with Gasteiger partial charge in [-0.3, -0.25) is 4.79 Å². The van der Waals surface area contributed by atoms with Crippen LogP contribution in [0.2, 0.25) is 10.0 Å². The van der Waals surface area contributed by atoms with E-state index in [-0.39, 0.29) is 5.91 Å². The fourth-order valence-electron chi connectivity index (χ4n) is 2.71. The molecule has 0 saturated carbocycles. The van der Waals surface area contributed by atoms with Crippen LogP contribution in [-0.2, 0) is 4.79 Å². The van der Waals surface area contributed by atoms with Gasteiger partial charge in [0.05, 0.1) is 27.5 Å². The van der Waals surface area contributed by atoms with Crippen molar-refractivity contribution in [1.29, 1.82) is 0 Å². The minimum Gasteiger partial charge on any atom is -0.457 e. The van der Waals surface area contributed by atoms with Crippen LogP contribution in [0.15, 0.2) is 53.0 Å². The van der Waals surface area contributed by atoms with Crippen molar-refractivity contribution in [2.24, 2.45) is 0 Å². The number of aromatic nitrogens is 2. The summed E-state index contributed by atoms with van der Waals surface area (Å²) in [7, 11) is 0. The number of anilines is 1. The van der Waals surface area contributed by atoms with E-state index in [1.54, 1.807) is 30.3 Å². The Balaban J connectivity index is 1.52. The molecule has 0 atom stereocenters. The normalized spacial score (nSPS) is 11.4. The van der Waals surface area contributed by atoms with E-state index < -0.39 is 0 Å². The number of furan rings is 1. The Hall–Kier alpha value is -2.67. The first-order chi connectivity index (χ1) is 13.5. The molecule has 0 bridgehead atoms. The maximum absolute atomic E-state index is 12.4. The van der Waals surface area contributed by atoms with Gasteiger partial charge in [-0.25, -0.2) is 0 Å². The number of carbonyl (C=O) groups is 1. The van der Waals surface area contributed by atoms with Gasteiger partial charge in [0.2, 0.25) is 5.91 Å². The molecule has 8 heteroatoms. The van der Waals surface area contributed by atoms with Crippen molar-refractivity contribution < 1.29 is 9.21 Å². The number of nitrogens with zero attached hydrogens (tertiary/aromatic N) is 2. The fourth-order valence-corrected chi connectivity index (χ4v) is 3.65. The number of hydrogen-bond donors (Lipinski definition) is 1. The molecule has 0 saturated heterocycles. The second-order valence-corrected chi connectivity index (χ2v) is 7.33. The zero-order valence-electron chi connectivity index (χ0n) is 14.6. The van der Waals surface area contributed by atoms with Crippen LogP contribution in [-0.4, -0.2) is 14.7 Å². The number of benzene rings is 2. The van der Waals surface area contributed by atoms with Crippen LogP contribution >= 0.6 is 34.9 Å². The topological polar surface area (TPSA) is 68.0 Å². The first kappa shape index (κ1) is 18.7. The summed E-state index contributed by atoms with van der Waals surface area (Å²) in [4.78, 5) is 12.4. The Morgan fingerprint density at radius 3 is 2.86 bits per heavy atom. The maximum Gasteiger partial charge on any atom is 0.248 e. The van der Waals surface area contributed by atoms with Gasteiger partial charge in [-0.05, 0) is 48.9 Å². The highest BCUT2D eigenvalue weighted by molar-refractivity contribution is 7.00. The molecule has 0 aliphatic heterocycles. The van der Waals surface area contributed by atoms with Gasteiger partial charge >= 0.3 is 0 Å². The summed E-state index contributed by atoms with van der Waals surface area (Å²) < 4.78 is 14.2.